The third kappa shape index (κ3) is 8.79. The number of carbonyl (C=O) groups excluding carboxylic acids is 2. The first-order chi connectivity index (χ1) is 22.4. The summed E-state index contributed by atoms with van der Waals surface area (Å²) in [4.78, 5) is 35.8. The molecule has 9 nitrogen and oxygen atoms in total. The number of ether oxygens (including phenoxy) is 1. The number of rotatable bonds is 10. The summed E-state index contributed by atoms with van der Waals surface area (Å²) >= 11 is 1.27. The maximum absolute atomic E-state index is 12.8. The number of hydrogen-bond acceptors (Lipinski definition) is 6. The van der Waals surface area contributed by atoms with Crippen LogP contribution in [0.25, 0.3) is 17.1 Å². The van der Waals surface area contributed by atoms with Crippen LogP contribution in [-0.4, -0.2) is 50.0 Å². The van der Waals surface area contributed by atoms with E-state index in [2.05, 4.69) is 39.0 Å². The maximum Gasteiger partial charge on any atom is 0.573 e. The average molecular weight is 665 g/mol. The number of nitrogens with one attached hydrogen (secondary N) is 1. The van der Waals surface area contributed by atoms with Crippen molar-refractivity contribution < 1.29 is 27.5 Å². The van der Waals surface area contributed by atoms with Gasteiger partial charge >= 0.3 is 12.4 Å². The molecule has 0 saturated carbocycles. The second-order valence-electron chi connectivity index (χ2n) is 11.6. The Kier molecular flexibility index (Phi) is 10.3. The van der Waals surface area contributed by atoms with Gasteiger partial charge in [-0.25, -0.2) is 14.5 Å². The van der Waals surface area contributed by atoms with Gasteiger partial charge < -0.3 is 10.1 Å². The molecule has 4 aromatic rings. The molecule has 3 aromatic carbocycles. The minimum absolute atomic E-state index is 0.0922. The van der Waals surface area contributed by atoms with Crippen LogP contribution in [0.2, 0.25) is 0 Å². The zero-order valence-electron chi connectivity index (χ0n) is 26.4. The van der Waals surface area contributed by atoms with Crippen molar-refractivity contribution in [3.63, 3.8) is 0 Å². The van der Waals surface area contributed by atoms with E-state index < -0.39 is 12.4 Å². The Balaban J connectivity index is 1.12. The van der Waals surface area contributed by atoms with E-state index in [9.17, 15) is 22.8 Å². The van der Waals surface area contributed by atoms with E-state index in [1.54, 1.807) is 4.90 Å². The largest absolute Gasteiger partial charge is 0.573 e. The second-order valence-corrected chi connectivity index (χ2v) is 12.6. The Labute approximate surface area is 275 Å². The molecule has 5 rings (SSSR count). The molecule has 1 saturated heterocycles. The van der Waals surface area contributed by atoms with Crippen LogP contribution in [-0.2, 0) is 11.2 Å². The van der Waals surface area contributed by atoms with Crippen molar-refractivity contribution >= 4 is 34.6 Å². The summed E-state index contributed by atoms with van der Waals surface area (Å²) in [5, 5.41) is 7.77. The Morgan fingerprint density at radius 3 is 2.47 bits per heavy atom. The topological polar surface area (TPSA) is 102 Å². The molecule has 2 heterocycles. The molecule has 47 heavy (non-hydrogen) atoms. The number of aryl methyl sites for hydroxylation is 2. The van der Waals surface area contributed by atoms with Crippen LogP contribution in [0.4, 0.5) is 23.7 Å². The van der Waals surface area contributed by atoms with Crippen LogP contribution >= 0.6 is 11.8 Å². The molecule has 0 bridgehead atoms. The summed E-state index contributed by atoms with van der Waals surface area (Å²) in [7, 11) is 0. The number of aliphatic imine (C=N–C) groups is 1. The zero-order chi connectivity index (χ0) is 33.7. The molecule has 1 aromatic heterocycles. The quantitative estimate of drug-likeness (QED) is 0.186. The first-order valence-corrected chi connectivity index (χ1v) is 16.2. The van der Waals surface area contributed by atoms with Gasteiger partial charge in [0.15, 0.2) is 11.0 Å². The fourth-order valence-electron chi connectivity index (χ4n) is 5.17. The second kappa shape index (κ2) is 14.4. The molecule has 13 heteroatoms. The summed E-state index contributed by atoms with van der Waals surface area (Å²) in [6.07, 6.45) is -0.887. The molecule has 0 spiro atoms. The van der Waals surface area contributed by atoms with Gasteiger partial charge in [0.25, 0.3) is 0 Å². The third-order valence-electron chi connectivity index (χ3n) is 7.52. The number of thioether (sulfide) groups is 1. The third-order valence-corrected chi connectivity index (χ3v) is 8.45. The van der Waals surface area contributed by atoms with Crippen LogP contribution in [0.1, 0.15) is 56.2 Å². The average Bonchev–Trinajstić information content (AvgIpc) is 3.64. The van der Waals surface area contributed by atoms with Gasteiger partial charge in [-0.15, -0.1) is 18.3 Å². The highest BCUT2D eigenvalue weighted by Gasteiger charge is 2.33. The van der Waals surface area contributed by atoms with E-state index in [-0.39, 0.29) is 29.4 Å². The highest BCUT2D eigenvalue weighted by Crippen LogP contribution is 2.34. The van der Waals surface area contributed by atoms with Crippen LogP contribution in [0.5, 0.6) is 5.75 Å². The number of hydrogen-bond donors (Lipinski definition) is 1. The van der Waals surface area contributed by atoms with Gasteiger partial charge in [0, 0.05) is 11.6 Å². The molecule has 1 N–H and O–H groups in total. The summed E-state index contributed by atoms with van der Waals surface area (Å²) in [6, 6.07) is 18.6. The minimum Gasteiger partial charge on any atom is -0.406 e. The van der Waals surface area contributed by atoms with Crippen molar-refractivity contribution in [2.75, 3.05) is 10.7 Å². The molecule has 3 amide bonds. The Hall–Kier alpha value is -4.65. The van der Waals surface area contributed by atoms with Crippen LogP contribution < -0.4 is 15.0 Å². The van der Waals surface area contributed by atoms with Crippen LogP contribution in [0, 0.1) is 6.92 Å². The Morgan fingerprint density at radius 2 is 1.79 bits per heavy atom. The van der Waals surface area contributed by atoms with E-state index in [1.807, 2.05) is 56.3 Å². The lowest BCUT2D eigenvalue weighted by Crippen LogP contribution is -2.34. The molecule has 246 valence electrons. The molecule has 0 radical (unpaired) electrons. The van der Waals surface area contributed by atoms with Gasteiger partial charge in [-0.3, -0.25) is 9.69 Å². The van der Waals surface area contributed by atoms with Gasteiger partial charge in [-0.1, -0.05) is 62.0 Å². The number of halogens is 3. The summed E-state index contributed by atoms with van der Waals surface area (Å²) in [6.45, 7) is 8.05. The normalized spacial score (nSPS) is 15.0. The summed E-state index contributed by atoms with van der Waals surface area (Å²) in [5.74, 6) is 0.519. The van der Waals surface area contributed by atoms with E-state index in [1.165, 1.54) is 47.0 Å². The van der Waals surface area contributed by atoms with Gasteiger partial charge in [0.1, 0.15) is 12.1 Å². The number of anilines is 1. The predicted molar refractivity (Wildman–Crippen MR) is 177 cm³/mol. The van der Waals surface area contributed by atoms with E-state index in [0.29, 0.717) is 16.7 Å². The van der Waals surface area contributed by atoms with E-state index in [0.717, 1.165) is 47.2 Å². The van der Waals surface area contributed by atoms with Crippen molar-refractivity contribution in [3.8, 4) is 22.8 Å². The van der Waals surface area contributed by atoms with Crippen molar-refractivity contribution in [3.05, 3.63) is 89.7 Å². The van der Waals surface area contributed by atoms with Crippen LogP contribution in [0.3, 0.4) is 0 Å². The monoisotopic (exact) mass is 664 g/mol. The molecular formula is C34H35F3N6O3S. The van der Waals surface area contributed by atoms with Gasteiger partial charge in [-0.05, 0) is 86.1 Å². The van der Waals surface area contributed by atoms with Crippen molar-refractivity contribution in [1.82, 2.24) is 20.1 Å². The van der Waals surface area contributed by atoms with Gasteiger partial charge in [0.2, 0.25) is 5.91 Å². The maximum atomic E-state index is 12.8. The lowest BCUT2D eigenvalue weighted by atomic mass is 9.99. The molecule has 0 aliphatic carbocycles. The fourth-order valence-corrected chi connectivity index (χ4v) is 6.03. The smallest absolute Gasteiger partial charge is 0.406 e. The number of benzene rings is 3. The van der Waals surface area contributed by atoms with Gasteiger partial charge in [0.05, 0.1) is 17.1 Å². The fraction of sp³-hybridized carbons (Fsp3) is 0.324. The van der Waals surface area contributed by atoms with E-state index >= 15 is 0 Å². The first kappa shape index (κ1) is 33.7. The number of amidine groups is 1. The lowest BCUT2D eigenvalue weighted by molar-refractivity contribution is -0.274. The van der Waals surface area contributed by atoms with E-state index in [4.69, 9.17) is 0 Å². The number of carbonyl (C=O) groups is 2. The number of aromatic nitrogens is 3. The molecule has 1 aliphatic heterocycles. The van der Waals surface area contributed by atoms with Crippen molar-refractivity contribution in [1.29, 1.82) is 0 Å². The van der Waals surface area contributed by atoms with Crippen molar-refractivity contribution in [2.24, 2.45) is 4.99 Å². The van der Waals surface area contributed by atoms with Gasteiger partial charge in [-0.2, -0.15) is 4.99 Å². The molecule has 1 fully saturated rings. The summed E-state index contributed by atoms with van der Waals surface area (Å²) < 4.78 is 42.6. The number of urea groups is 1. The highest BCUT2D eigenvalue weighted by molar-refractivity contribution is 8.15. The van der Waals surface area contributed by atoms with Crippen LogP contribution in [0.15, 0.2) is 78.0 Å². The molecule has 1 aliphatic rings. The number of nitrogens with zero attached hydrogens (tertiary/aromatic N) is 5. The lowest BCUT2D eigenvalue weighted by Gasteiger charge is -2.22. The Bertz CT molecular complexity index is 1750. The molecular weight excluding hydrogens is 629 g/mol. The Morgan fingerprint density at radius 1 is 1.06 bits per heavy atom. The zero-order valence-corrected chi connectivity index (χ0v) is 27.2. The number of amides is 3. The molecule has 1 atom stereocenters. The standard InChI is InChI=1S/C34H35F3N6O3S/c1-21(2)28-17-8-22(3)18-29(28)43-30(44)19-47-33(43)40-32(45)39-23(4)6-5-7-24-9-11-25(12-10-24)31-38-20-42(41-31)26-13-15-27(16-14-26)46-34(35,36)37/h8-18,20-21,23H,5-7,19H2,1-4H3,(H,39,45)/b40-33-. The molecule has 1 unspecified atom stereocenters. The highest BCUT2D eigenvalue weighted by atomic mass is 32.2. The number of alkyl halides is 3. The summed E-state index contributed by atoms with van der Waals surface area (Å²) in [5.41, 5.74) is 5.29. The first-order valence-electron chi connectivity index (χ1n) is 15.2. The predicted octanol–water partition coefficient (Wildman–Crippen LogP) is 7.82. The van der Waals surface area contributed by atoms with Crippen molar-refractivity contribution in [2.45, 2.75) is 65.3 Å². The minimum atomic E-state index is -4.75. The SMILES string of the molecule is Cc1ccc(C(C)C)c(N2C(=O)CS/C2=N\C(=O)NC(C)CCCc2ccc(-c3ncn(-c4ccc(OC(F)(F)F)cc4)n3)cc2)c1.